The van der Waals surface area contributed by atoms with E-state index in [9.17, 15) is 9.59 Å². The van der Waals surface area contributed by atoms with Gasteiger partial charge in [0.1, 0.15) is 11.7 Å². The topological polar surface area (TPSA) is 52.6 Å². The van der Waals surface area contributed by atoms with Gasteiger partial charge in [-0.15, -0.1) is 0 Å². The zero-order valence-corrected chi connectivity index (χ0v) is 7.52. The summed E-state index contributed by atoms with van der Waals surface area (Å²) in [4.78, 5) is 21.9. The number of allylic oxidation sites excluding steroid dienone is 1. The molecule has 4 heteroatoms. The first-order valence-corrected chi connectivity index (χ1v) is 4.17. The molecule has 0 aromatic carbocycles. The van der Waals surface area contributed by atoms with Gasteiger partial charge >= 0.3 is 5.97 Å². The van der Waals surface area contributed by atoms with E-state index in [1.807, 2.05) is 0 Å². The number of cyclic esters (lactones) is 1. The minimum Gasteiger partial charge on any atom is -0.472 e. The van der Waals surface area contributed by atoms with Gasteiger partial charge in [0.25, 0.3) is 0 Å². The zero-order chi connectivity index (χ0) is 10.1. The molecule has 0 fully saturated rings. The lowest BCUT2D eigenvalue weighted by Gasteiger charge is -2.25. The highest BCUT2D eigenvalue weighted by Gasteiger charge is 2.30. The summed E-state index contributed by atoms with van der Waals surface area (Å²) >= 11 is 0. The molecule has 14 heavy (non-hydrogen) atoms. The third kappa shape index (κ3) is 1.16. The van der Waals surface area contributed by atoms with Crippen molar-refractivity contribution in [2.45, 2.75) is 13.0 Å². The van der Waals surface area contributed by atoms with Gasteiger partial charge in [-0.2, -0.15) is 0 Å². The van der Waals surface area contributed by atoms with Gasteiger partial charge < -0.3 is 9.47 Å². The normalized spacial score (nSPS) is 24.8. The fourth-order valence-corrected chi connectivity index (χ4v) is 1.45. The molecular formula is C10H8O4. The van der Waals surface area contributed by atoms with Crippen LogP contribution in [0.25, 0.3) is 0 Å². The lowest BCUT2D eigenvalue weighted by molar-refractivity contribution is -0.143. The molecule has 2 rings (SSSR count). The SMILES string of the molecule is C[C@H]1OC(=O)C(C=O)=C2C=COC=C21. The average molecular weight is 192 g/mol. The van der Waals surface area contributed by atoms with Crippen molar-refractivity contribution in [2.75, 3.05) is 0 Å². The number of carbonyl (C=O) groups is 2. The fraction of sp³-hybridized carbons (Fsp3) is 0.200. The Morgan fingerprint density at radius 3 is 3.00 bits per heavy atom. The maximum Gasteiger partial charge on any atom is 0.342 e. The first kappa shape index (κ1) is 8.74. The number of aldehydes is 1. The minimum absolute atomic E-state index is 0.0499. The second-order valence-electron chi connectivity index (χ2n) is 3.00. The largest absolute Gasteiger partial charge is 0.472 e. The molecule has 0 aliphatic carbocycles. The van der Waals surface area contributed by atoms with Crippen LogP contribution in [0.4, 0.5) is 0 Å². The van der Waals surface area contributed by atoms with Crippen molar-refractivity contribution in [3.8, 4) is 0 Å². The van der Waals surface area contributed by atoms with Gasteiger partial charge in [-0.1, -0.05) is 0 Å². The Labute approximate surface area is 80.5 Å². The van der Waals surface area contributed by atoms with Gasteiger partial charge in [0, 0.05) is 11.1 Å². The first-order chi connectivity index (χ1) is 6.74. The van der Waals surface area contributed by atoms with E-state index in [-0.39, 0.29) is 11.7 Å². The van der Waals surface area contributed by atoms with E-state index in [1.54, 1.807) is 13.0 Å². The van der Waals surface area contributed by atoms with E-state index < -0.39 is 5.97 Å². The summed E-state index contributed by atoms with van der Waals surface area (Å²) in [6.45, 7) is 1.73. The predicted molar refractivity (Wildman–Crippen MR) is 47.0 cm³/mol. The Morgan fingerprint density at radius 1 is 1.50 bits per heavy atom. The quantitative estimate of drug-likeness (QED) is 0.351. The highest BCUT2D eigenvalue weighted by atomic mass is 16.5. The molecule has 2 aliphatic heterocycles. The molecule has 0 aromatic rings. The van der Waals surface area contributed by atoms with Crippen LogP contribution in [0.1, 0.15) is 6.92 Å². The summed E-state index contributed by atoms with van der Waals surface area (Å²) in [5.74, 6) is -0.578. The monoisotopic (exact) mass is 192 g/mol. The third-order valence-electron chi connectivity index (χ3n) is 2.17. The number of carbonyl (C=O) groups excluding carboxylic acids is 2. The minimum atomic E-state index is -0.578. The van der Waals surface area contributed by atoms with Crippen molar-refractivity contribution in [1.82, 2.24) is 0 Å². The standard InChI is InChI=1S/C10H8O4/c1-6-9-5-13-3-2-7(9)8(4-11)10(12)14-6/h2-6H,1H3/t6-/m1/s1. The smallest absolute Gasteiger partial charge is 0.342 e. The van der Waals surface area contributed by atoms with Crippen molar-refractivity contribution in [3.63, 3.8) is 0 Å². The van der Waals surface area contributed by atoms with Crippen LogP contribution in [0.2, 0.25) is 0 Å². The van der Waals surface area contributed by atoms with Gasteiger partial charge in [-0.05, 0) is 13.0 Å². The van der Waals surface area contributed by atoms with Crippen molar-refractivity contribution in [2.24, 2.45) is 0 Å². The average Bonchev–Trinajstić information content (AvgIpc) is 2.18. The van der Waals surface area contributed by atoms with Crippen LogP contribution < -0.4 is 0 Å². The van der Waals surface area contributed by atoms with Gasteiger partial charge in [0.05, 0.1) is 12.5 Å². The number of hydrogen-bond donors (Lipinski definition) is 0. The van der Waals surface area contributed by atoms with Gasteiger partial charge in [0.2, 0.25) is 0 Å². The fourth-order valence-electron chi connectivity index (χ4n) is 1.45. The van der Waals surface area contributed by atoms with E-state index in [2.05, 4.69) is 0 Å². The van der Waals surface area contributed by atoms with Crippen LogP contribution in [0, 0.1) is 0 Å². The summed E-state index contributed by atoms with van der Waals surface area (Å²) in [5, 5.41) is 0. The molecule has 0 saturated carbocycles. The summed E-state index contributed by atoms with van der Waals surface area (Å²) in [7, 11) is 0. The molecule has 4 nitrogen and oxygen atoms in total. The Morgan fingerprint density at radius 2 is 2.29 bits per heavy atom. The highest BCUT2D eigenvalue weighted by molar-refractivity contribution is 6.10. The van der Waals surface area contributed by atoms with E-state index in [1.165, 1.54) is 12.5 Å². The van der Waals surface area contributed by atoms with E-state index in [4.69, 9.17) is 9.47 Å². The Hall–Kier alpha value is -1.84. The molecule has 0 amide bonds. The third-order valence-corrected chi connectivity index (χ3v) is 2.17. The number of hydrogen-bond acceptors (Lipinski definition) is 4. The predicted octanol–water partition coefficient (Wildman–Crippen LogP) is 0.855. The lowest BCUT2D eigenvalue weighted by atomic mass is 9.94. The maximum atomic E-state index is 11.3. The van der Waals surface area contributed by atoms with Crippen LogP contribution in [0.15, 0.2) is 35.3 Å². The molecule has 0 unspecified atom stereocenters. The number of rotatable bonds is 1. The van der Waals surface area contributed by atoms with Crippen LogP contribution >= 0.6 is 0 Å². The molecule has 0 bridgehead atoms. The molecule has 0 saturated heterocycles. The Balaban J connectivity index is 2.57. The van der Waals surface area contributed by atoms with E-state index in [0.717, 1.165) is 0 Å². The molecule has 72 valence electrons. The summed E-state index contributed by atoms with van der Waals surface area (Å²) < 4.78 is 9.90. The van der Waals surface area contributed by atoms with Crippen LogP contribution in [-0.2, 0) is 19.1 Å². The lowest BCUT2D eigenvalue weighted by Crippen LogP contribution is -2.27. The second kappa shape index (κ2) is 3.14. The van der Waals surface area contributed by atoms with Crippen molar-refractivity contribution >= 4 is 12.3 Å². The zero-order valence-electron chi connectivity index (χ0n) is 7.52. The summed E-state index contributed by atoms with van der Waals surface area (Å²) in [6, 6.07) is 0. The molecule has 0 spiro atoms. The number of fused-ring (bicyclic) bond motifs is 1. The van der Waals surface area contributed by atoms with Crippen LogP contribution in [0.3, 0.4) is 0 Å². The molecule has 0 N–H and O–H groups in total. The van der Waals surface area contributed by atoms with Gasteiger partial charge in [-0.3, -0.25) is 4.79 Å². The summed E-state index contributed by atoms with van der Waals surface area (Å²) in [5.41, 5.74) is 1.36. The molecule has 0 aromatic heterocycles. The van der Waals surface area contributed by atoms with Crippen molar-refractivity contribution in [3.05, 3.63) is 35.3 Å². The van der Waals surface area contributed by atoms with Crippen LogP contribution in [0.5, 0.6) is 0 Å². The first-order valence-electron chi connectivity index (χ1n) is 4.17. The van der Waals surface area contributed by atoms with E-state index in [0.29, 0.717) is 17.4 Å². The Kier molecular flexibility index (Phi) is 1.96. The van der Waals surface area contributed by atoms with Gasteiger partial charge in [-0.25, -0.2) is 4.79 Å². The molecular weight excluding hydrogens is 184 g/mol. The Bertz CT molecular complexity index is 387. The van der Waals surface area contributed by atoms with Crippen molar-refractivity contribution in [1.29, 1.82) is 0 Å². The number of ether oxygens (including phenoxy) is 2. The second-order valence-corrected chi connectivity index (χ2v) is 3.00. The molecule has 2 heterocycles. The summed E-state index contributed by atoms with van der Waals surface area (Å²) in [6.07, 6.45) is 4.64. The highest BCUT2D eigenvalue weighted by Crippen LogP contribution is 2.29. The molecule has 1 atom stereocenters. The number of esters is 1. The van der Waals surface area contributed by atoms with Crippen LogP contribution in [-0.4, -0.2) is 18.4 Å². The molecule has 2 aliphatic rings. The van der Waals surface area contributed by atoms with Gasteiger partial charge in [0.15, 0.2) is 6.29 Å². The molecule has 0 radical (unpaired) electrons. The van der Waals surface area contributed by atoms with E-state index >= 15 is 0 Å². The van der Waals surface area contributed by atoms with Crippen molar-refractivity contribution < 1.29 is 19.1 Å². The maximum absolute atomic E-state index is 11.3.